The Kier molecular flexibility index (Phi) is 4.30. The highest BCUT2D eigenvalue weighted by atomic mass is 16.5. The van der Waals surface area contributed by atoms with E-state index >= 15 is 0 Å². The van der Waals surface area contributed by atoms with Crippen molar-refractivity contribution in [1.82, 2.24) is 10.5 Å². The van der Waals surface area contributed by atoms with Crippen LogP contribution in [0.1, 0.15) is 35.5 Å². The molecule has 0 fully saturated rings. The van der Waals surface area contributed by atoms with Crippen LogP contribution in [-0.2, 0) is 0 Å². The van der Waals surface area contributed by atoms with Crippen molar-refractivity contribution in [3.63, 3.8) is 0 Å². The zero-order valence-corrected chi connectivity index (χ0v) is 10.6. The zero-order valence-electron chi connectivity index (χ0n) is 10.6. The fourth-order valence-corrected chi connectivity index (χ4v) is 1.83. The molecular formula is C14H16N2O3. The maximum Gasteiger partial charge on any atom is 0.273 e. The van der Waals surface area contributed by atoms with Crippen molar-refractivity contribution in [3.8, 4) is 0 Å². The molecule has 0 bridgehead atoms. The summed E-state index contributed by atoms with van der Waals surface area (Å²) in [6, 6.07) is 10.7. The molecule has 0 saturated heterocycles. The summed E-state index contributed by atoms with van der Waals surface area (Å²) in [5.41, 5.74) is 1.08. The number of hydrogen-bond acceptors (Lipinski definition) is 4. The predicted octanol–water partition coefficient (Wildman–Crippen LogP) is 1.92. The topological polar surface area (TPSA) is 75.4 Å². The number of aromatic nitrogens is 1. The average Bonchev–Trinajstić information content (AvgIpc) is 2.93. The molecule has 0 aliphatic carbocycles. The fourth-order valence-electron chi connectivity index (χ4n) is 1.83. The summed E-state index contributed by atoms with van der Waals surface area (Å²) in [4.78, 5) is 11.7. The number of rotatable bonds is 5. The van der Waals surface area contributed by atoms with Gasteiger partial charge in [-0.2, -0.15) is 0 Å². The number of nitrogens with one attached hydrogen (secondary N) is 1. The number of amides is 1. The van der Waals surface area contributed by atoms with Crippen molar-refractivity contribution in [3.05, 3.63) is 53.9 Å². The Bertz CT molecular complexity index is 511. The first-order chi connectivity index (χ1) is 9.16. The van der Waals surface area contributed by atoms with Crippen LogP contribution in [-0.4, -0.2) is 22.2 Å². The SMILES string of the molecule is CC(CC(O)c1ccccc1)NC(=O)c1ccon1. The molecule has 2 N–H and O–H groups in total. The number of benzene rings is 1. The van der Waals surface area contributed by atoms with E-state index in [2.05, 4.69) is 15.0 Å². The number of nitrogens with zero attached hydrogens (tertiary/aromatic N) is 1. The van der Waals surface area contributed by atoms with Crippen molar-refractivity contribution in [1.29, 1.82) is 0 Å². The quantitative estimate of drug-likeness (QED) is 0.861. The van der Waals surface area contributed by atoms with Crippen molar-refractivity contribution in [2.75, 3.05) is 0 Å². The third kappa shape index (κ3) is 3.66. The van der Waals surface area contributed by atoms with E-state index in [1.54, 1.807) is 0 Å². The maximum atomic E-state index is 11.7. The van der Waals surface area contributed by atoms with Crippen LogP contribution in [0.25, 0.3) is 0 Å². The molecule has 0 radical (unpaired) electrons. The van der Waals surface area contributed by atoms with Crippen LogP contribution >= 0.6 is 0 Å². The lowest BCUT2D eigenvalue weighted by molar-refractivity contribution is 0.0908. The molecule has 5 heteroatoms. The molecule has 1 heterocycles. The van der Waals surface area contributed by atoms with Gasteiger partial charge in [-0.05, 0) is 18.9 Å². The molecule has 1 amide bonds. The first-order valence-corrected chi connectivity index (χ1v) is 6.11. The van der Waals surface area contributed by atoms with Crippen LogP contribution in [0.3, 0.4) is 0 Å². The van der Waals surface area contributed by atoms with E-state index in [1.807, 2.05) is 37.3 Å². The van der Waals surface area contributed by atoms with Crippen LogP contribution in [0, 0.1) is 0 Å². The summed E-state index contributed by atoms with van der Waals surface area (Å²) in [5.74, 6) is -0.304. The number of carbonyl (C=O) groups excluding carboxylic acids is 1. The molecule has 2 atom stereocenters. The van der Waals surface area contributed by atoms with Crippen LogP contribution < -0.4 is 5.32 Å². The summed E-state index contributed by atoms with van der Waals surface area (Å²) < 4.78 is 4.61. The molecule has 5 nitrogen and oxygen atoms in total. The highest BCUT2D eigenvalue weighted by Crippen LogP contribution is 2.17. The van der Waals surface area contributed by atoms with Gasteiger partial charge in [-0.1, -0.05) is 35.5 Å². The molecule has 2 unspecified atom stereocenters. The van der Waals surface area contributed by atoms with Crippen molar-refractivity contribution in [2.24, 2.45) is 0 Å². The van der Waals surface area contributed by atoms with Crippen LogP contribution in [0.15, 0.2) is 47.2 Å². The predicted molar refractivity (Wildman–Crippen MR) is 69.5 cm³/mol. The lowest BCUT2D eigenvalue weighted by Crippen LogP contribution is -2.33. The van der Waals surface area contributed by atoms with Gasteiger partial charge < -0.3 is 14.9 Å². The van der Waals surface area contributed by atoms with Gasteiger partial charge in [0, 0.05) is 12.1 Å². The number of hydrogen-bond donors (Lipinski definition) is 2. The lowest BCUT2D eigenvalue weighted by Gasteiger charge is -2.17. The maximum absolute atomic E-state index is 11.7. The van der Waals surface area contributed by atoms with Gasteiger partial charge in [-0.25, -0.2) is 0 Å². The Morgan fingerprint density at radius 1 is 1.37 bits per heavy atom. The minimum absolute atomic E-state index is 0.167. The third-order valence-corrected chi connectivity index (χ3v) is 2.81. The number of carbonyl (C=O) groups is 1. The van der Waals surface area contributed by atoms with Gasteiger partial charge >= 0.3 is 0 Å². The highest BCUT2D eigenvalue weighted by molar-refractivity contribution is 5.92. The van der Waals surface area contributed by atoms with Crippen molar-refractivity contribution in [2.45, 2.75) is 25.5 Å². The normalized spacial score (nSPS) is 13.8. The van der Waals surface area contributed by atoms with Gasteiger partial charge in [0.2, 0.25) is 0 Å². The molecule has 0 aliphatic rings. The van der Waals surface area contributed by atoms with E-state index in [4.69, 9.17) is 0 Å². The fraction of sp³-hybridized carbons (Fsp3) is 0.286. The first-order valence-electron chi connectivity index (χ1n) is 6.11. The Hall–Kier alpha value is -2.14. The lowest BCUT2D eigenvalue weighted by atomic mass is 10.0. The van der Waals surface area contributed by atoms with Crippen LogP contribution in [0.5, 0.6) is 0 Å². The zero-order chi connectivity index (χ0) is 13.7. The minimum Gasteiger partial charge on any atom is -0.388 e. The number of aliphatic hydroxyl groups is 1. The molecule has 2 aromatic rings. The third-order valence-electron chi connectivity index (χ3n) is 2.81. The minimum atomic E-state index is -0.603. The molecule has 1 aromatic heterocycles. The van der Waals surface area contributed by atoms with E-state index < -0.39 is 6.10 Å². The largest absolute Gasteiger partial charge is 0.388 e. The monoisotopic (exact) mass is 260 g/mol. The van der Waals surface area contributed by atoms with Gasteiger partial charge in [0.15, 0.2) is 5.69 Å². The summed E-state index contributed by atoms with van der Waals surface area (Å²) in [6.45, 7) is 1.84. The van der Waals surface area contributed by atoms with Crippen LogP contribution in [0.2, 0.25) is 0 Å². The first kappa shape index (κ1) is 13.3. The van der Waals surface area contributed by atoms with Gasteiger partial charge in [0.25, 0.3) is 5.91 Å². The van der Waals surface area contributed by atoms with Gasteiger partial charge in [-0.15, -0.1) is 0 Å². The molecule has 2 rings (SSSR count). The smallest absolute Gasteiger partial charge is 0.273 e. The number of aliphatic hydroxyl groups excluding tert-OH is 1. The van der Waals surface area contributed by atoms with E-state index in [1.165, 1.54) is 12.3 Å². The van der Waals surface area contributed by atoms with Gasteiger partial charge in [0.05, 0.1) is 6.10 Å². The summed E-state index contributed by atoms with van der Waals surface area (Å²) in [5, 5.41) is 16.4. The van der Waals surface area contributed by atoms with E-state index in [0.717, 1.165) is 5.56 Å². The molecule has 19 heavy (non-hydrogen) atoms. The molecule has 0 spiro atoms. The summed E-state index contributed by atoms with van der Waals surface area (Å²) in [7, 11) is 0. The molecular weight excluding hydrogens is 244 g/mol. The van der Waals surface area contributed by atoms with Crippen molar-refractivity contribution >= 4 is 5.91 Å². The van der Waals surface area contributed by atoms with E-state index in [-0.39, 0.29) is 17.6 Å². The molecule has 100 valence electrons. The molecule has 1 aromatic carbocycles. The second-order valence-electron chi connectivity index (χ2n) is 4.42. The standard InChI is InChI=1S/C14H16N2O3/c1-10(15-14(18)12-7-8-19-16-12)9-13(17)11-5-3-2-4-6-11/h2-8,10,13,17H,9H2,1H3,(H,15,18). The summed E-state index contributed by atoms with van der Waals surface area (Å²) >= 11 is 0. The summed E-state index contributed by atoms with van der Waals surface area (Å²) in [6.07, 6.45) is 1.18. The highest BCUT2D eigenvalue weighted by Gasteiger charge is 2.16. The second kappa shape index (κ2) is 6.15. The van der Waals surface area contributed by atoms with Crippen LogP contribution in [0.4, 0.5) is 0 Å². The Balaban J connectivity index is 1.88. The van der Waals surface area contributed by atoms with E-state index in [0.29, 0.717) is 6.42 Å². The van der Waals surface area contributed by atoms with Crippen molar-refractivity contribution < 1.29 is 14.4 Å². The van der Waals surface area contributed by atoms with E-state index in [9.17, 15) is 9.90 Å². The molecule has 0 aliphatic heterocycles. The van der Waals surface area contributed by atoms with Gasteiger partial charge in [-0.3, -0.25) is 4.79 Å². The molecule has 0 saturated carbocycles. The Morgan fingerprint density at radius 2 is 2.11 bits per heavy atom. The Morgan fingerprint density at radius 3 is 2.74 bits per heavy atom. The Labute approximate surface area is 111 Å². The average molecular weight is 260 g/mol. The second-order valence-corrected chi connectivity index (χ2v) is 4.42. The van der Waals surface area contributed by atoms with Gasteiger partial charge in [0.1, 0.15) is 6.26 Å².